The third kappa shape index (κ3) is 3.14. The van der Waals surface area contributed by atoms with E-state index in [1.807, 2.05) is 31.2 Å². The van der Waals surface area contributed by atoms with Crippen LogP contribution in [-0.4, -0.2) is 54.6 Å². The first kappa shape index (κ1) is 13.9. The van der Waals surface area contributed by atoms with Crippen LogP contribution in [0.3, 0.4) is 0 Å². The van der Waals surface area contributed by atoms with Gasteiger partial charge in [0.1, 0.15) is 18.0 Å². The maximum absolute atomic E-state index is 10.7. The van der Waals surface area contributed by atoms with Crippen LogP contribution in [0.25, 0.3) is 0 Å². The minimum Gasteiger partial charge on any atom is -0.491 e. The van der Waals surface area contributed by atoms with Crippen LogP contribution in [0.2, 0.25) is 0 Å². The van der Waals surface area contributed by atoms with Crippen molar-refractivity contribution in [1.29, 1.82) is 0 Å². The smallest absolute Gasteiger partial charge is 0.119 e. The minimum absolute atomic E-state index is 0.362. The van der Waals surface area contributed by atoms with Crippen LogP contribution in [0.4, 0.5) is 0 Å². The standard InChI is InChI=1S/C16H23NO3/c1-13-4-2-5-15(8-13)20-12-16(18)6-3-7-17(11-16)14-9-19-10-14/h2,4-5,8,14,18H,3,6-7,9-12H2,1H3. The number of benzene rings is 1. The summed E-state index contributed by atoms with van der Waals surface area (Å²) < 4.78 is 11.0. The van der Waals surface area contributed by atoms with Crippen LogP contribution in [0.1, 0.15) is 18.4 Å². The molecule has 2 aliphatic heterocycles. The van der Waals surface area contributed by atoms with Crippen molar-refractivity contribution in [2.75, 3.05) is 32.9 Å². The molecule has 0 spiro atoms. The molecule has 20 heavy (non-hydrogen) atoms. The normalized spacial score (nSPS) is 28.1. The van der Waals surface area contributed by atoms with Crippen molar-refractivity contribution in [1.82, 2.24) is 4.90 Å². The molecule has 4 nitrogen and oxygen atoms in total. The summed E-state index contributed by atoms with van der Waals surface area (Å²) in [7, 11) is 0. The Kier molecular flexibility index (Phi) is 3.96. The van der Waals surface area contributed by atoms with E-state index in [-0.39, 0.29) is 0 Å². The average Bonchev–Trinajstić information content (AvgIpc) is 2.35. The highest BCUT2D eigenvalue weighted by Gasteiger charge is 2.38. The van der Waals surface area contributed by atoms with Gasteiger partial charge in [-0.05, 0) is 44.0 Å². The van der Waals surface area contributed by atoms with Gasteiger partial charge in [0, 0.05) is 6.54 Å². The summed E-state index contributed by atoms with van der Waals surface area (Å²) >= 11 is 0. The van der Waals surface area contributed by atoms with Crippen molar-refractivity contribution in [3.8, 4) is 5.75 Å². The molecule has 0 aliphatic carbocycles. The molecule has 0 bridgehead atoms. The van der Waals surface area contributed by atoms with E-state index in [0.717, 1.165) is 38.3 Å². The Labute approximate surface area is 120 Å². The molecule has 1 aromatic rings. The SMILES string of the molecule is Cc1cccc(OCC2(O)CCCN(C3COC3)C2)c1. The number of hydrogen-bond donors (Lipinski definition) is 1. The Bertz CT molecular complexity index is 461. The van der Waals surface area contributed by atoms with Gasteiger partial charge in [-0.15, -0.1) is 0 Å². The number of aliphatic hydroxyl groups is 1. The zero-order valence-electron chi connectivity index (χ0n) is 12.0. The Morgan fingerprint density at radius 3 is 3.00 bits per heavy atom. The molecule has 2 fully saturated rings. The van der Waals surface area contributed by atoms with Crippen molar-refractivity contribution >= 4 is 0 Å². The quantitative estimate of drug-likeness (QED) is 0.907. The molecule has 4 heteroatoms. The Balaban J connectivity index is 1.57. The second-order valence-electron chi connectivity index (χ2n) is 6.09. The molecule has 1 atom stereocenters. The molecule has 2 aliphatic rings. The maximum Gasteiger partial charge on any atom is 0.119 e. The van der Waals surface area contributed by atoms with Gasteiger partial charge in [-0.3, -0.25) is 4.90 Å². The highest BCUT2D eigenvalue weighted by Crippen LogP contribution is 2.26. The predicted molar refractivity (Wildman–Crippen MR) is 77.0 cm³/mol. The molecule has 1 N–H and O–H groups in total. The molecule has 0 amide bonds. The summed E-state index contributed by atoms with van der Waals surface area (Å²) in [5.41, 5.74) is 0.434. The molecule has 110 valence electrons. The highest BCUT2D eigenvalue weighted by atomic mass is 16.5. The molecule has 3 rings (SSSR count). The number of piperidine rings is 1. The summed E-state index contributed by atoms with van der Waals surface area (Å²) in [5.74, 6) is 0.836. The molecule has 1 unspecified atom stereocenters. The monoisotopic (exact) mass is 277 g/mol. The predicted octanol–water partition coefficient (Wildman–Crippen LogP) is 1.60. The number of ether oxygens (including phenoxy) is 2. The van der Waals surface area contributed by atoms with Gasteiger partial charge in [-0.1, -0.05) is 12.1 Å². The van der Waals surface area contributed by atoms with Crippen molar-refractivity contribution < 1.29 is 14.6 Å². The summed E-state index contributed by atoms with van der Waals surface area (Å²) in [6.07, 6.45) is 1.83. The van der Waals surface area contributed by atoms with Gasteiger partial charge in [0.05, 0.1) is 19.3 Å². The fourth-order valence-corrected chi connectivity index (χ4v) is 2.93. The second-order valence-corrected chi connectivity index (χ2v) is 6.09. The Morgan fingerprint density at radius 2 is 2.30 bits per heavy atom. The number of rotatable bonds is 4. The molecule has 2 heterocycles. The van der Waals surface area contributed by atoms with Crippen molar-refractivity contribution in [3.63, 3.8) is 0 Å². The highest BCUT2D eigenvalue weighted by molar-refractivity contribution is 5.27. The lowest BCUT2D eigenvalue weighted by atomic mass is 9.92. The lowest BCUT2D eigenvalue weighted by Crippen LogP contribution is -2.59. The van der Waals surface area contributed by atoms with E-state index in [1.54, 1.807) is 0 Å². The van der Waals surface area contributed by atoms with Gasteiger partial charge >= 0.3 is 0 Å². The van der Waals surface area contributed by atoms with Crippen molar-refractivity contribution in [2.45, 2.75) is 31.4 Å². The van der Waals surface area contributed by atoms with Crippen LogP contribution in [-0.2, 0) is 4.74 Å². The lowest BCUT2D eigenvalue weighted by molar-refractivity contribution is -0.121. The number of nitrogens with zero attached hydrogens (tertiary/aromatic N) is 1. The van der Waals surface area contributed by atoms with Crippen LogP contribution in [0, 0.1) is 6.92 Å². The Hall–Kier alpha value is -1.10. The van der Waals surface area contributed by atoms with Gasteiger partial charge < -0.3 is 14.6 Å². The zero-order valence-corrected chi connectivity index (χ0v) is 12.0. The van der Waals surface area contributed by atoms with E-state index >= 15 is 0 Å². The van der Waals surface area contributed by atoms with E-state index < -0.39 is 5.60 Å². The molecular formula is C16H23NO3. The first-order valence-corrected chi connectivity index (χ1v) is 7.38. The van der Waals surface area contributed by atoms with Crippen LogP contribution < -0.4 is 4.74 Å². The molecule has 0 aromatic heterocycles. The van der Waals surface area contributed by atoms with Gasteiger partial charge in [-0.25, -0.2) is 0 Å². The molecule has 0 saturated carbocycles. The topological polar surface area (TPSA) is 41.9 Å². The van der Waals surface area contributed by atoms with Crippen LogP contribution >= 0.6 is 0 Å². The summed E-state index contributed by atoms with van der Waals surface area (Å²) in [6, 6.07) is 8.45. The van der Waals surface area contributed by atoms with Gasteiger partial charge in [0.2, 0.25) is 0 Å². The van der Waals surface area contributed by atoms with Crippen molar-refractivity contribution in [3.05, 3.63) is 29.8 Å². The summed E-state index contributed by atoms with van der Waals surface area (Å²) in [5, 5.41) is 10.7. The number of likely N-dealkylation sites (tertiary alicyclic amines) is 1. The molecule has 1 aromatic carbocycles. The lowest BCUT2D eigenvalue weighted by Gasteiger charge is -2.45. The van der Waals surface area contributed by atoms with Crippen molar-refractivity contribution in [2.24, 2.45) is 0 Å². The summed E-state index contributed by atoms with van der Waals surface area (Å²) in [4.78, 5) is 2.34. The van der Waals surface area contributed by atoms with Gasteiger partial charge in [-0.2, -0.15) is 0 Å². The molecule has 2 saturated heterocycles. The van der Waals surface area contributed by atoms with Gasteiger partial charge in [0.15, 0.2) is 0 Å². The largest absolute Gasteiger partial charge is 0.491 e. The number of hydrogen-bond acceptors (Lipinski definition) is 4. The number of β-amino-alcohol motifs (C(OH)–C–C–N with tert-alkyl or cyclic N) is 1. The first-order valence-electron chi connectivity index (χ1n) is 7.38. The van der Waals surface area contributed by atoms with Crippen LogP contribution in [0.5, 0.6) is 5.75 Å². The van der Waals surface area contributed by atoms with E-state index in [0.29, 0.717) is 19.2 Å². The molecule has 0 radical (unpaired) electrons. The van der Waals surface area contributed by atoms with E-state index in [4.69, 9.17) is 9.47 Å². The summed E-state index contributed by atoms with van der Waals surface area (Å²) in [6.45, 7) is 5.75. The molecular weight excluding hydrogens is 254 g/mol. The number of aryl methyl sites for hydroxylation is 1. The van der Waals surface area contributed by atoms with E-state index in [1.165, 1.54) is 5.56 Å². The average molecular weight is 277 g/mol. The maximum atomic E-state index is 10.7. The third-order valence-corrected chi connectivity index (χ3v) is 4.22. The van der Waals surface area contributed by atoms with E-state index in [2.05, 4.69) is 4.90 Å². The Morgan fingerprint density at radius 1 is 1.45 bits per heavy atom. The van der Waals surface area contributed by atoms with E-state index in [9.17, 15) is 5.11 Å². The first-order chi connectivity index (χ1) is 9.65. The minimum atomic E-state index is -0.739. The van der Waals surface area contributed by atoms with Gasteiger partial charge in [0.25, 0.3) is 0 Å². The fraction of sp³-hybridized carbons (Fsp3) is 0.625. The second kappa shape index (κ2) is 5.72. The van der Waals surface area contributed by atoms with Crippen LogP contribution in [0.15, 0.2) is 24.3 Å². The third-order valence-electron chi connectivity index (χ3n) is 4.22. The fourth-order valence-electron chi connectivity index (χ4n) is 2.93. The zero-order chi connectivity index (χ0) is 14.0.